The first-order valence-electron chi connectivity index (χ1n) is 15.0. The number of aryl methyl sites for hydroxylation is 2. The summed E-state index contributed by atoms with van der Waals surface area (Å²) in [6.07, 6.45) is 10.6. The fourth-order valence-electron chi connectivity index (χ4n) is 6.53. The van der Waals surface area contributed by atoms with Gasteiger partial charge < -0.3 is 0 Å². The number of benzene rings is 5. The number of hydrogen-bond donors (Lipinski definition) is 0. The van der Waals surface area contributed by atoms with E-state index in [2.05, 4.69) is 126 Å². The third kappa shape index (κ3) is 4.52. The fraction of sp³-hybridized carbons (Fsp3) is 0.0732. The van der Waals surface area contributed by atoms with Gasteiger partial charge in [-0.2, -0.15) is 0 Å². The Morgan fingerprint density at radius 3 is 1.74 bits per heavy atom. The van der Waals surface area contributed by atoms with Crippen LogP contribution in [-0.4, -0.2) is 9.97 Å². The van der Waals surface area contributed by atoms with Gasteiger partial charge in [-0.15, -0.1) is 0 Å². The van der Waals surface area contributed by atoms with Gasteiger partial charge in [-0.1, -0.05) is 109 Å². The highest BCUT2D eigenvalue weighted by Gasteiger charge is 2.18. The van der Waals surface area contributed by atoms with Crippen LogP contribution in [0.2, 0.25) is 0 Å². The minimum absolute atomic E-state index is 0.880. The lowest BCUT2D eigenvalue weighted by Crippen LogP contribution is -1.96. The van der Waals surface area contributed by atoms with Crippen molar-refractivity contribution >= 4 is 27.6 Å². The topological polar surface area (TPSA) is 25.8 Å². The Bertz CT molecular complexity index is 2110. The van der Waals surface area contributed by atoms with Gasteiger partial charge in [0, 0.05) is 18.0 Å². The first kappa shape index (κ1) is 25.4. The number of nitrogens with zero attached hydrogens (tertiary/aromatic N) is 2. The summed E-state index contributed by atoms with van der Waals surface area (Å²) >= 11 is 0. The Balaban J connectivity index is 1.28. The van der Waals surface area contributed by atoms with Gasteiger partial charge in [0.05, 0.1) is 11.4 Å². The van der Waals surface area contributed by atoms with Crippen molar-refractivity contribution in [3.63, 3.8) is 0 Å². The zero-order chi connectivity index (χ0) is 28.8. The van der Waals surface area contributed by atoms with Crippen LogP contribution in [0.3, 0.4) is 0 Å². The highest BCUT2D eigenvalue weighted by atomic mass is 14.8. The second-order valence-electron chi connectivity index (χ2n) is 11.4. The largest absolute Gasteiger partial charge is 0.254 e. The molecule has 0 spiro atoms. The van der Waals surface area contributed by atoms with Crippen molar-refractivity contribution in [2.75, 3.05) is 0 Å². The lowest BCUT2D eigenvalue weighted by atomic mass is 9.84. The average Bonchev–Trinajstić information content (AvgIpc) is 3.07. The summed E-state index contributed by atoms with van der Waals surface area (Å²) in [7, 11) is 0. The molecule has 204 valence electrons. The second-order valence-corrected chi connectivity index (χ2v) is 11.4. The molecule has 0 N–H and O–H groups in total. The molecule has 7 aromatic rings. The first-order chi connectivity index (χ1) is 21.2. The number of allylic oxidation sites excluding steroid dienone is 1. The van der Waals surface area contributed by atoms with Gasteiger partial charge in [-0.05, 0) is 104 Å². The Morgan fingerprint density at radius 2 is 1.12 bits per heavy atom. The molecule has 0 amide bonds. The van der Waals surface area contributed by atoms with Gasteiger partial charge in [-0.25, -0.2) is 0 Å². The highest BCUT2D eigenvalue weighted by molar-refractivity contribution is 6.21. The number of fused-ring (bicyclic) bond motifs is 3. The molecule has 0 saturated carbocycles. The molecule has 5 aromatic carbocycles. The molecule has 2 nitrogen and oxygen atoms in total. The normalized spacial score (nSPS) is 12.5. The molecular formula is C41H30N2. The number of aromatic nitrogens is 2. The predicted octanol–water partition coefficient (Wildman–Crippen LogP) is 10.7. The molecule has 2 heteroatoms. The smallest absolute Gasteiger partial charge is 0.0886 e. The number of pyridine rings is 2. The van der Waals surface area contributed by atoms with Crippen molar-refractivity contribution < 1.29 is 0 Å². The van der Waals surface area contributed by atoms with Crippen molar-refractivity contribution in [3.8, 4) is 44.8 Å². The summed E-state index contributed by atoms with van der Waals surface area (Å²) in [5.74, 6) is 0. The first-order valence-corrected chi connectivity index (χ1v) is 15.0. The standard InChI is InChI=1S/C41H30N2/c1-27-17-21-38(42-25-27)39-22-20-33(26-43-39)30-11-8-12-31(24-30)40-34-13-4-6-15-36(34)41(37-16-7-5-14-35(37)40)32-19-18-28-9-2-3-10-29(28)23-32/h2,4-9,11-26H,3,10H2,1H3. The van der Waals surface area contributed by atoms with Gasteiger partial charge in [0.1, 0.15) is 0 Å². The maximum Gasteiger partial charge on any atom is 0.0886 e. The van der Waals surface area contributed by atoms with Crippen molar-refractivity contribution in [1.82, 2.24) is 9.97 Å². The maximum atomic E-state index is 4.77. The molecular weight excluding hydrogens is 520 g/mol. The molecule has 1 aliphatic carbocycles. The molecule has 0 unspecified atom stereocenters. The number of rotatable bonds is 4. The summed E-state index contributed by atoms with van der Waals surface area (Å²) in [5, 5.41) is 5.10. The van der Waals surface area contributed by atoms with Gasteiger partial charge in [0.25, 0.3) is 0 Å². The maximum absolute atomic E-state index is 4.77. The van der Waals surface area contributed by atoms with Gasteiger partial charge in [-0.3, -0.25) is 9.97 Å². The molecule has 0 aliphatic heterocycles. The lowest BCUT2D eigenvalue weighted by molar-refractivity contribution is 0.986. The molecule has 0 bridgehead atoms. The molecule has 43 heavy (non-hydrogen) atoms. The van der Waals surface area contributed by atoms with Crippen molar-refractivity contribution in [1.29, 1.82) is 0 Å². The Hall–Kier alpha value is -5.34. The van der Waals surface area contributed by atoms with E-state index < -0.39 is 0 Å². The average molecular weight is 551 g/mol. The molecule has 2 heterocycles. The molecule has 2 aromatic heterocycles. The Morgan fingerprint density at radius 1 is 0.512 bits per heavy atom. The van der Waals surface area contributed by atoms with Crippen molar-refractivity contribution in [2.45, 2.75) is 19.8 Å². The van der Waals surface area contributed by atoms with Crippen LogP contribution in [0.15, 0.2) is 134 Å². The minimum Gasteiger partial charge on any atom is -0.254 e. The lowest BCUT2D eigenvalue weighted by Gasteiger charge is -2.19. The van der Waals surface area contributed by atoms with Gasteiger partial charge in [0.15, 0.2) is 0 Å². The van der Waals surface area contributed by atoms with Crippen LogP contribution in [0.25, 0.3) is 72.4 Å². The van der Waals surface area contributed by atoms with E-state index in [0.29, 0.717) is 0 Å². The fourth-order valence-corrected chi connectivity index (χ4v) is 6.53. The van der Waals surface area contributed by atoms with Gasteiger partial charge in [0.2, 0.25) is 0 Å². The van der Waals surface area contributed by atoms with Crippen LogP contribution in [0.1, 0.15) is 23.1 Å². The monoisotopic (exact) mass is 550 g/mol. The van der Waals surface area contributed by atoms with Crippen LogP contribution in [0, 0.1) is 6.92 Å². The SMILES string of the molecule is Cc1ccc(-c2ccc(-c3cccc(-c4c5ccccc5c(-c5ccc6c(c5)CCC=C6)c5ccccc45)c3)cn2)nc1. The third-order valence-electron chi connectivity index (χ3n) is 8.66. The van der Waals surface area contributed by atoms with E-state index in [1.54, 1.807) is 0 Å². The molecule has 0 radical (unpaired) electrons. The summed E-state index contributed by atoms with van der Waals surface area (Å²) in [4.78, 5) is 9.31. The van der Waals surface area contributed by atoms with E-state index in [1.807, 2.05) is 25.4 Å². The summed E-state index contributed by atoms with van der Waals surface area (Å²) in [6.45, 7) is 2.05. The predicted molar refractivity (Wildman–Crippen MR) is 181 cm³/mol. The van der Waals surface area contributed by atoms with Crippen LogP contribution < -0.4 is 0 Å². The molecule has 8 rings (SSSR count). The van der Waals surface area contributed by atoms with E-state index in [0.717, 1.165) is 40.9 Å². The van der Waals surface area contributed by atoms with Crippen LogP contribution in [0.5, 0.6) is 0 Å². The van der Waals surface area contributed by atoms with Crippen molar-refractivity contribution in [3.05, 3.63) is 150 Å². The van der Waals surface area contributed by atoms with E-state index in [-0.39, 0.29) is 0 Å². The molecule has 0 fully saturated rings. The Kier molecular flexibility index (Phi) is 6.19. The van der Waals surface area contributed by atoms with E-state index >= 15 is 0 Å². The quantitative estimate of drug-likeness (QED) is 0.204. The molecule has 0 saturated heterocycles. The molecule has 1 aliphatic rings. The minimum atomic E-state index is 0.880. The van der Waals surface area contributed by atoms with E-state index in [1.165, 1.54) is 54.9 Å². The van der Waals surface area contributed by atoms with Crippen molar-refractivity contribution in [2.24, 2.45) is 0 Å². The zero-order valence-electron chi connectivity index (χ0n) is 24.1. The highest BCUT2D eigenvalue weighted by Crippen LogP contribution is 2.44. The number of hydrogen-bond acceptors (Lipinski definition) is 2. The second kappa shape index (κ2) is 10.5. The van der Waals surface area contributed by atoms with Gasteiger partial charge >= 0.3 is 0 Å². The summed E-state index contributed by atoms with van der Waals surface area (Å²) in [6, 6.07) is 42.0. The third-order valence-corrected chi connectivity index (χ3v) is 8.66. The summed E-state index contributed by atoms with van der Waals surface area (Å²) < 4.78 is 0. The Labute approximate surface area is 252 Å². The van der Waals surface area contributed by atoms with E-state index in [4.69, 9.17) is 4.98 Å². The van der Waals surface area contributed by atoms with Crippen LogP contribution in [-0.2, 0) is 6.42 Å². The van der Waals surface area contributed by atoms with E-state index in [9.17, 15) is 0 Å². The van der Waals surface area contributed by atoms with Crippen LogP contribution >= 0.6 is 0 Å². The zero-order valence-corrected chi connectivity index (χ0v) is 24.1. The van der Waals surface area contributed by atoms with Crippen LogP contribution in [0.4, 0.5) is 0 Å². The summed E-state index contributed by atoms with van der Waals surface area (Å²) in [5.41, 5.74) is 13.0. The molecule has 0 atom stereocenters.